The van der Waals surface area contributed by atoms with Crippen LogP contribution in [-0.2, 0) is 14.3 Å². The Kier molecular flexibility index (Phi) is 14.1. The number of anilines is 1. The first-order valence-corrected chi connectivity index (χ1v) is 11.8. The Morgan fingerprint density at radius 2 is 1.65 bits per heavy atom. The zero-order valence-electron chi connectivity index (χ0n) is 20.7. The van der Waals surface area contributed by atoms with Crippen LogP contribution in [-0.4, -0.2) is 63.4 Å². The number of carbonyl (C=O) groups is 4. The minimum Gasteiger partial charge on any atom is -0.469 e. The molecule has 2 aromatic rings. The number of halogens is 2. The largest absolute Gasteiger partial charge is 0.469 e. The van der Waals surface area contributed by atoms with Gasteiger partial charge in [0, 0.05) is 31.4 Å². The van der Waals surface area contributed by atoms with Gasteiger partial charge in [-0.1, -0.05) is 35.3 Å². The molecule has 37 heavy (non-hydrogen) atoms. The molecule has 2 rings (SSSR count). The van der Waals surface area contributed by atoms with E-state index in [1.807, 2.05) is 6.92 Å². The fourth-order valence-corrected chi connectivity index (χ4v) is 3.27. The Morgan fingerprint density at radius 1 is 1.00 bits per heavy atom. The third-order valence-corrected chi connectivity index (χ3v) is 5.08. The molecule has 0 fully saturated rings. The highest BCUT2D eigenvalue weighted by Gasteiger charge is 2.11. The summed E-state index contributed by atoms with van der Waals surface area (Å²) in [5.74, 6) is -1.19. The van der Waals surface area contributed by atoms with E-state index in [-0.39, 0.29) is 46.9 Å². The molecule has 0 aliphatic heterocycles. The highest BCUT2D eigenvalue weighted by Crippen LogP contribution is 2.23. The number of nitrogens with zero attached hydrogens (tertiary/aromatic N) is 1. The average Bonchev–Trinajstić information content (AvgIpc) is 2.87. The highest BCUT2D eigenvalue weighted by molar-refractivity contribution is 6.39. The molecule has 13 heteroatoms. The van der Waals surface area contributed by atoms with Gasteiger partial charge in [0.2, 0.25) is 5.91 Å². The maximum atomic E-state index is 12.2. The predicted octanol–water partition coefficient (Wildman–Crippen LogP) is 2.20. The Hall–Kier alpha value is -3.83. The van der Waals surface area contributed by atoms with Crippen LogP contribution in [0.15, 0.2) is 47.5 Å². The summed E-state index contributed by atoms with van der Waals surface area (Å²) in [4.78, 5) is 49.5. The molecule has 0 atom stereocenters. The number of methoxy groups -OCH3 is 1. The highest BCUT2D eigenvalue weighted by atomic mass is 35.5. The smallest absolute Gasteiger partial charge is 0.307 e. The van der Waals surface area contributed by atoms with Gasteiger partial charge in [-0.05, 0) is 37.3 Å². The SMILES string of the molecule is CCNC(=NC)Nc1cccc(C(=O)NCC(=O)NCCC(=O)OC)c1.NC(=O)c1c(Cl)cccc1Cl. The van der Waals surface area contributed by atoms with Gasteiger partial charge in [-0.3, -0.25) is 24.2 Å². The lowest BCUT2D eigenvalue weighted by molar-refractivity contribution is -0.140. The van der Waals surface area contributed by atoms with Crippen LogP contribution in [0.1, 0.15) is 34.1 Å². The predicted molar refractivity (Wildman–Crippen MR) is 144 cm³/mol. The van der Waals surface area contributed by atoms with Crippen molar-refractivity contribution in [3.63, 3.8) is 0 Å². The molecule has 0 spiro atoms. The van der Waals surface area contributed by atoms with Gasteiger partial charge in [-0.2, -0.15) is 0 Å². The molecule has 0 saturated heterocycles. The number of benzene rings is 2. The number of amides is 3. The second-order valence-electron chi connectivity index (χ2n) is 7.13. The van der Waals surface area contributed by atoms with Crippen molar-refractivity contribution in [1.29, 1.82) is 0 Å². The van der Waals surface area contributed by atoms with Crippen LogP contribution in [0.25, 0.3) is 0 Å². The molecule has 0 aromatic heterocycles. The van der Waals surface area contributed by atoms with E-state index in [9.17, 15) is 19.2 Å². The van der Waals surface area contributed by atoms with Crippen molar-refractivity contribution in [1.82, 2.24) is 16.0 Å². The first-order valence-electron chi connectivity index (χ1n) is 11.1. The molecule has 3 amide bonds. The Bertz CT molecular complexity index is 1110. The van der Waals surface area contributed by atoms with Crippen molar-refractivity contribution in [2.75, 3.05) is 39.1 Å². The monoisotopic (exact) mass is 552 g/mol. The lowest BCUT2D eigenvalue weighted by Gasteiger charge is -2.11. The van der Waals surface area contributed by atoms with Crippen molar-refractivity contribution in [3.8, 4) is 0 Å². The molecule has 0 saturated carbocycles. The lowest BCUT2D eigenvalue weighted by atomic mass is 10.2. The van der Waals surface area contributed by atoms with Crippen LogP contribution in [0.4, 0.5) is 5.69 Å². The van der Waals surface area contributed by atoms with Crippen molar-refractivity contribution < 1.29 is 23.9 Å². The second kappa shape index (κ2) is 16.8. The first kappa shape index (κ1) is 31.2. The molecule has 2 aromatic carbocycles. The topological polar surface area (TPSA) is 164 Å². The summed E-state index contributed by atoms with van der Waals surface area (Å²) in [6.07, 6.45) is 0.0804. The summed E-state index contributed by atoms with van der Waals surface area (Å²) in [5.41, 5.74) is 6.29. The van der Waals surface area contributed by atoms with Gasteiger partial charge in [-0.15, -0.1) is 0 Å². The van der Waals surface area contributed by atoms with E-state index in [1.165, 1.54) is 7.11 Å². The molecular formula is C24H30Cl2N6O5. The zero-order chi connectivity index (χ0) is 27.8. The fraction of sp³-hybridized carbons (Fsp3) is 0.292. The van der Waals surface area contributed by atoms with Crippen molar-refractivity contribution in [2.45, 2.75) is 13.3 Å². The number of guanidine groups is 1. The normalized spacial score (nSPS) is 10.4. The van der Waals surface area contributed by atoms with Crippen LogP contribution >= 0.6 is 23.2 Å². The molecule has 0 bridgehead atoms. The minimum atomic E-state index is -0.611. The van der Waals surface area contributed by atoms with E-state index >= 15 is 0 Å². The summed E-state index contributed by atoms with van der Waals surface area (Å²) >= 11 is 11.3. The quantitative estimate of drug-likeness (QED) is 0.181. The van der Waals surface area contributed by atoms with Gasteiger partial charge in [0.05, 0.1) is 35.7 Å². The molecule has 0 unspecified atom stereocenters. The van der Waals surface area contributed by atoms with Gasteiger partial charge in [-0.25, -0.2) is 0 Å². The summed E-state index contributed by atoms with van der Waals surface area (Å²) in [7, 11) is 2.93. The zero-order valence-corrected chi connectivity index (χ0v) is 22.2. The van der Waals surface area contributed by atoms with Crippen molar-refractivity contribution in [2.24, 2.45) is 10.7 Å². The Morgan fingerprint density at radius 3 is 2.19 bits per heavy atom. The summed E-state index contributed by atoms with van der Waals surface area (Å²) < 4.78 is 4.47. The molecule has 6 N–H and O–H groups in total. The third kappa shape index (κ3) is 11.6. The van der Waals surface area contributed by atoms with Crippen molar-refractivity contribution >= 4 is 58.5 Å². The average molecular weight is 553 g/mol. The van der Waals surface area contributed by atoms with E-state index in [4.69, 9.17) is 28.9 Å². The summed E-state index contributed by atoms with van der Waals surface area (Å²) in [6, 6.07) is 11.6. The standard InChI is InChI=1S/C17H25N5O4.C7H5Cl2NO/c1-4-19-17(18-2)22-13-7-5-6-12(10-13)16(25)21-11-14(23)20-9-8-15(24)26-3;8-4-2-1-3-5(9)6(4)7(10)11/h5-7,10H,4,8-9,11H2,1-3H3,(H,20,23)(H,21,25)(H2,18,19,22);1-3H,(H2,10,11). The van der Waals surface area contributed by atoms with Gasteiger partial charge in [0.15, 0.2) is 5.96 Å². The maximum Gasteiger partial charge on any atom is 0.307 e. The maximum absolute atomic E-state index is 12.2. The van der Waals surface area contributed by atoms with E-state index in [0.717, 1.165) is 0 Å². The molecule has 0 heterocycles. The van der Waals surface area contributed by atoms with Crippen LogP contribution < -0.4 is 27.0 Å². The van der Waals surface area contributed by atoms with Crippen molar-refractivity contribution in [3.05, 3.63) is 63.6 Å². The van der Waals surface area contributed by atoms with E-state index in [1.54, 1.807) is 49.5 Å². The number of nitrogens with one attached hydrogen (secondary N) is 4. The van der Waals surface area contributed by atoms with E-state index < -0.39 is 11.9 Å². The summed E-state index contributed by atoms with van der Waals surface area (Å²) in [5, 5.41) is 11.7. The molecular weight excluding hydrogens is 523 g/mol. The van der Waals surface area contributed by atoms with Crippen LogP contribution in [0, 0.1) is 0 Å². The second-order valence-corrected chi connectivity index (χ2v) is 7.94. The summed E-state index contributed by atoms with van der Waals surface area (Å²) in [6.45, 7) is 2.64. The first-order chi connectivity index (χ1) is 17.6. The number of rotatable bonds is 9. The number of nitrogens with two attached hydrogens (primary N) is 1. The van der Waals surface area contributed by atoms with Gasteiger partial charge < -0.3 is 31.7 Å². The van der Waals surface area contributed by atoms with E-state index in [2.05, 4.69) is 31.0 Å². The minimum absolute atomic E-state index is 0.0804. The number of carbonyl (C=O) groups excluding carboxylic acids is 4. The molecule has 200 valence electrons. The molecule has 0 aliphatic rings. The Labute approximate surface area is 225 Å². The fourth-order valence-electron chi connectivity index (χ4n) is 2.69. The number of aliphatic imine (C=N–C) groups is 1. The van der Waals surface area contributed by atoms with Crippen LogP contribution in [0.3, 0.4) is 0 Å². The van der Waals surface area contributed by atoms with E-state index in [0.29, 0.717) is 23.8 Å². The third-order valence-electron chi connectivity index (χ3n) is 4.45. The lowest BCUT2D eigenvalue weighted by Crippen LogP contribution is -2.37. The Balaban J connectivity index is 0.000000516. The number of hydrogen-bond donors (Lipinski definition) is 5. The molecule has 11 nitrogen and oxygen atoms in total. The van der Waals surface area contributed by atoms with Crippen LogP contribution in [0.5, 0.6) is 0 Å². The van der Waals surface area contributed by atoms with Gasteiger partial charge in [0.25, 0.3) is 11.8 Å². The van der Waals surface area contributed by atoms with Gasteiger partial charge in [0.1, 0.15) is 0 Å². The van der Waals surface area contributed by atoms with Gasteiger partial charge >= 0.3 is 5.97 Å². The number of hydrogen-bond acceptors (Lipinski definition) is 6. The molecule has 0 aliphatic carbocycles. The number of ether oxygens (including phenoxy) is 1. The molecule has 0 radical (unpaired) electrons. The number of esters is 1. The number of primary amides is 1. The van der Waals surface area contributed by atoms with Crippen LogP contribution in [0.2, 0.25) is 10.0 Å².